The minimum Gasteiger partial charge on any atom is -0.507 e. The first kappa shape index (κ1) is 23.4. The number of benzene rings is 2. The van der Waals surface area contributed by atoms with Crippen molar-refractivity contribution >= 4 is 17.4 Å². The quantitative estimate of drug-likeness (QED) is 0.285. The van der Waals surface area contributed by atoms with Gasteiger partial charge in [0, 0.05) is 5.56 Å². The van der Waals surface area contributed by atoms with E-state index in [-0.39, 0.29) is 17.9 Å². The van der Waals surface area contributed by atoms with Gasteiger partial charge in [-0.3, -0.25) is 9.59 Å². The van der Waals surface area contributed by atoms with Gasteiger partial charge in [0.2, 0.25) is 0 Å². The van der Waals surface area contributed by atoms with Crippen LogP contribution in [-0.4, -0.2) is 28.3 Å². The summed E-state index contributed by atoms with van der Waals surface area (Å²) >= 11 is 0. The van der Waals surface area contributed by atoms with E-state index < -0.39 is 17.7 Å². The van der Waals surface area contributed by atoms with Crippen LogP contribution in [0.1, 0.15) is 47.9 Å². The number of Topliss-reactive ketones (excluding diaryl/α,β-unsaturated/α-hetero) is 1. The molecule has 2 heterocycles. The van der Waals surface area contributed by atoms with Gasteiger partial charge in [0.25, 0.3) is 11.7 Å². The minimum absolute atomic E-state index is 0.0670. The monoisotopic (exact) mass is 459 g/mol. The number of hydrogen-bond acceptors (Lipinski definition) is 5. The molecule has 1 N–H and O–H groups in total. The second-order valence-electron chi connectivity index (χ2n) is 9.11. The van der Waals surface area contributed by atoms with E-state index in [1.54, 1.807) is 30.3 Å². The summed E-state index contributed by atoms with van der Waals surface area (Å²) in [7, 11) is 0. The largest absolute Gasteiger partial charge is 0.507 e. The Labute approximate surface area is 199 Å². The summed E-state index contributed by atoms with van der Waals surface area (Å²) in [6.07, 6.45) is 1.53. The molecule has 34 heavy (non-hydrogen) atoms. The Bertz CT molecular complexity index is 1240. The molecule has 6 heteroatoms. The number of ether oxygens (including phenoxy) is 1. The molecule has 1 aliphatic rings. The SMILES string of the molecule is Cc1cccc(C2/C(=C(/O)c3ccc(OCC(C)C)c(C)c3)C(=O)C(=O)N2Cc2ccco2)c1. The number of ketones is 1. The molecule has 1 amide bonds. The van der Waals surface area contributed by atoms with Crippen molar-refractivity contribution in [3.63, 3.8) is 0 Å². The molecule has 1 fully saturated rings. The number of aryl methyl sites for hydroxylation is 2. The summed E-state index contributed by atoms with van der Waals surface area (Å²) in [5.74, 6) is 0.0736. The van der Waals surface area contributed by atoms with Gasteiger partial charge in [0.1, 0.15) is 17.3 Å². The zero-order chi connectivity index (χ0) is 24.4. The lowest BCUT2D eigenvalue weighted by Gasteiger charge is -2.25. The first-order chi connectivity index (χ1) is 16.3. The maximum absolute atomic E-state index is 13.2. The van der Waals surface area contributed by atoms with Crippen LogP contribution in [0.4, 0.5) is 0 Å². The predicted molar refractivity (Wildman–Crippen MR) is 129 cm³/mol. The van der Waals surface area contributed by atoms with Crippen molar-refractivity contribution in [1.82, 2.24) is 4.90 Å². The van der Waals surface area contributed by atoms with Crippen LogP contribution < -0.4 is 4.74 Å². The number of aliphatic hydroxyl groups excluding tert-OH is 1. The highest BCUT2D eigenvalue weighted by atomic mass is 16.5. The van der Waals surface area contributed by atoms with Crippen molar-refractivity contribution in [2.45, 2.75) is 40.3 Å². The van der Waals surface area contributed by atoms with Crippen LogP contribution in [0.25, 0.3) is 5.76 Å². The van der Waals surface area contributed by atoms with Gasteiger partial charge in [-0.1, -0.05) is 43.7 Å². The van der Waals surface area contributed by atoms with Crippen LogP contribution in [0, 0.1) is 19.8 Å². The molecule has 0 aliphatic carbocycles. The number of rotatable bonds is 7. The van der Waals surface area contributed by atoms with E-state index in [0.29, 0.717) is 23.8 Å². The highest BCUT2D eigenvalue weighted by molar-refractivity contribution is 6.46. The van der Waals surface area contributed by atoms with Gasteiger partial charge >= 0.3 is 0 Å². The van der Waals surface area contributed by atoms with E-state index in [1.165, 1.54) is 11.2 Å². The molecule has 1 aliphatic heterocycles. The number of carbonyl (C=O) groups is 2. The maximum atomic E-state index is 13.2. The first-order valence-electron chi connectivity index (χ1n) is 11.4. The van der Waals surface area contributed by atoms with Crippen molar-refractivity contribution in [3.05, 3.63) is 94.4 Å². The van der Waals surface area contributed by atoms with Crippen LogP contribution in [0.2, 0.25) is 0 Å². The molecule has 1 unspecified atom stereocenters. The second-order valence-corrected chi connectivity index (χ2v) is 9.11. The Morgan fingerprint density at radius 3 is 2.53 bits per heavy atom. The van der Waals surface area contributed by atoms with E-state index in [0.717, 1.165) is 22.4 Å². The van der Waals surface area contributed by atoms with Crippen molar-refractivity contribution in [2.75, 3.05) is 6.61 Å². The lowest BCUT2D eigenvalue weighted by atomic mass is 9.94. The third kappa shape index (κ3) is 4.62. The average Bonchev–Trinajstić information content (AvgIpc) is 3.40. The molecule has 3 aromatic rings. The molecule has 1 saturated heterocycles. The Hall–Kier alpha value is -3.80. The highest BCUT2D eigenvalue weighted by Gasteiger charge is 2.46. The number of carbonyl (C=O) groups excluding carboxylic acids is 2. The molecule has 0 bridgehead atoms. The van der Waals surface area contributed by atoms with Gasteiger partial charge in [-0.15, -0.1) is 0 Å². The molecule has 0 radical (unpaired) electrons. The third-order valence-corrected chi connectivity index (χ3v) is 5.82. The standard InChI is InChI=1S/C28H29NO5/c1-17(2)16-34-23-11-10-21(14-19(23)4)26(30)24-25(20-8-5-7-18(3)13-20)29(28(32)27(24)31)15-22-9-6-12-33-22/h5-14,17,25,30H,15-16H2,1-4H3/b26-24-. The Morgan fingerprint density at radius 1 is 1.09 bits per heavy atom. The smallest absolute Gasteiger partial charge is 0.296 e. The Morgan fingerprint density at radius 2 is 1.88 bits per heavy atom. The fourth-order valence-electron chi connectivity index (χ4n) is 4.17. The zero-order valence-corrected chi connectivity index (χ0v) is 19.9. The van der Waals surface area contributed by atoms with E-state index in [9.17, 15) is 14.7 Å². The lowest BCUT2D eigenvalue weighted by Crippen LogP contribution is -2.29. The normalized spacial score (nSPS) is 17.6. The van der Waals surface area contributed by atoms with Gasteiger partial charge in [-0.2, -0.15) is 0 Å². The fourth-order valence-corrected chi connectivity index (χ4v) is 4.17. The number of aliphatic hydroxyl groups is 1. The van der Waals surface area contributed by atoms with E-state index in [4.69, 9.17) is 9.15 Å². The average molecular weight is 460 g/mol. The van der Waals surface area contributed by atoms with Crippen LogP contribution in [0.3, 0.4) is 0 Å². The topological polar surface area (TPSA) is 80.0 Å². The summed E-state index contributed by atoms with van der Waals surface area (Å²) < 4.78 is 11.3. The van der Waals surface area contributed by atoms with Gasteiger partial charge in [0.05, 0.1) is 31.0 Å². The summed E-state index contributed by atoms with van der Waals surface area (Å²) in [5, 5.41) is 11.3. The number of hydrogen-bond donors (Lipinski definition) is 1. The number of likely N-dealkylation sites (tertiary alicyclic amines) is 1. The van der Waals surface area contributed by atoms with Crippen molar-refractivity contribution < 1.29 is 23.8 Å². The van der Waals surface area contributed by atoms with Crippen LogP contribution in [0.15, 0.2) is 70.9 Å². The van der Waals surface area contributed by atoms with E-state index in [1.807, 2.05) is 38.1 Å². The van der Waals surface area contributed by atoms with Crippen LogP contribution >= 0.6 is 0 Å². The highest BCUT2D eigenvalue weighted by Crippen LogP contribution is 2.41. The number of nitrogens with zero attached hydrogens (tertiary/aromatic N) is 1. The lowest BCUT2D eigenvalue weighted by molar-refractivity contribution is -0.140. The number of furan rings is 1. The first-order valence-corrected chi connectivity index (χ1v) is 11.4. The summed E-state index contributed by atoms with van der Waals surface area (Å²) in [6.45, 7) is 8.68. The van der Waals surface area contributed by atoms with Gasteiger partial charge < -0.3 is 19.2 Å². The molecule has 0 spiro atoms. The van der Waals surface area contributed by atoms with Gasteiger partial charge in [-0.25, -0.2) is 0 Å². The fraction of sp³-hybridized carbons (Fsp3) is 0.286. The van der Waals surface area contributed by atoms with Crippen molar-refractivity contribution in [3.8, 4) is 5.75 Å². The van der Waals surface area contributed by atoms with Gasteiger partial charge in [0.15, 0.2) is 0 Å². The summed E-state index contributed by atoms with van der Waals surface area (Å²) in [6, 6.07) is 15.6. The van der Waals surface area contributed by atoms with Crippen molar-refractivity contribution in [1.29, 1.82) is 0 Å². The predicted octanol–water partition coefficient (Wildman–Crippen LogP) is 5.55. The van der Waals surface area contributed by atoms with Crippen molar-refractivity contribution in [2.24, 2.45) is 5.92 Å². The second kappa shape index (κ2) is 9.59. The van der Waals surface area contributed by atoms with Gasteiger partial charge in [-0.05, 0) is 61.2 Å². The maximum Gasteiger partial charge on any atom is 0.296 e. The third-order valence-electron chi connectivity index (χ3n) is 5.82. The minimum atomic E-state index is -0.734. The molecule has 2 aromatic carbocycles. The van der Waals surface area contributed by atoms with Crippen LogP contribution in [0.5, 0.6) is 5.75 Å². The Kier molecular flexibility index (Phi) is 6.59. The molecule has 6 nitrogen and oxygen atoms in total. The molecule has 1 aromatic heterocycles. The van der Waals surface area contributed by atoms with Crippen LogP contribution in [-0.2, 0) is 16.1 Å². The van der Waals surface area contributed by atoms with E-state index >= 15 is 0 Å². The molecule has 4 rings (SSSR count). The zero-order valence-electron chi connectivity index (χ0n) is 19.9. The molecular formula is C28H29NO5. The molecular weight excluding hydrogens is 430 g/mol. The summed E-state index contributed by atoms with van der Waals surface area (Å²) in [5.41, 5.74) is 3.10. The Balaban J connectivity index is 1.79. The number of amides is 1. The van der Waals surface area contributed by atoms with E-state index in [2.05, 4.69) is 13.8 Å². The summed E-state index contributed by atoms with van der Waals surface area (Å²) in [4.78, 5) is 27.7. The molecule has 176 valence electrons. The molecule has 1 atom stereocenters. The molecule has 0 saturated carbocycles.